The Hall–Kier alpha value is -2.74. The molecule has 7 nitrogen and oxygen atoms in total. The number of fused-ring (bicyclic) bond motifs is 1. The third kappa shape index (κ3) is 5.66. The summed E-state index contributed by atoms with van der Waals surface area (Å²) in [6.45, 7) is 3.62. The van der Waals surface area contributed by atoms with Gasteiger partial charge in [-0.1, -0.05) is 24.6 Å². The number of alkyl halides is 1. The maximum absolute atomic E-state index is 13.0. The molecule has 162 valence electrons. The molecule has 0 aliphatic rings. The molecule has 30 heavy (non-hydrogen) atoms. The van der Waals surface area contributed by atoms with Gasteiger partial charge in [-0.05, 0) is 43.9 Å². The van der Waals surface area contributed by atoms with Crippen molar-refractivity contribution in [2.24, 2.45) is 0 Å². The van der Waals surface area contributed by atoms with E-state index in [2.05, 4.69) is 5.32 Å². The van der Waals surface area contributed by atoms with Gasteiger partial charge in [0.2, 0.25) is 5.91 Å². The number of nitrogens with zero attached hydrogens (tertiary/aromatic N) is 1. The number of ether oxygens (including phenoxy) is 1. The van der Waals surface area contributed by atoms with Gasteiger partial charge in [-0.2, -0.15) is 0 Å². The van der Waals surface area contributed by atoms with Crippen LogP contribution in [0.25, 0.3) is 10.8 Å². The van der Waals surface area contributed by atoms with Crippen molar-refractivity contribution >= 4 is 40.0 Å². The first kappa shape index (κ1) is 23.5. The second-order valence-electron chi connectivity index (χ2n) is 7.09. The molecule has 1 aromatic carbocycles. The van der Waals surface area contributed by atoms with Crippen molar-refractivity contribution in [3.05, 3.63) is 45.8 Å². The summed E-state index contributed by atoms with van der Waals surface area (Å²) in [6, 6.07) is 4.19. The fraction of sp³-hybridized carbons (Fsp3) is 0.429. The van der Waals surface area contributed by atoms with Crippen LogP contribution in [-0.4, -0.2) is 41.0 Å². The lowest BCUT2D eigenvalue weighted by Gasteiger charge is -2.22. The van der Waals surface area contributed by atoms with E-state index in [4.69, 9.17) is 16.3 Å². The Bertz CT molecular complexity index is 1000. The van der Waals surface area contributed by atoms with Gasteiger partial charge in [-0.3, -0.25) is 19.2 Å². The van der Waals surface area contributed by atoms with Gasteiger partial charge in [0.15, 0.2) is 5.78 Å². The molecule has 0 saturated heterocycles. The lowest BCUT2D eigenvalue weighted by atomic mass is 10.1. The minimum atomic E-state index is -1.38. The number of rotatable bonds is 9. The van der Waals surface area contributed by atoms with Crippen LogP contribution >= 0.6 is 11.6 Å². The Morgan fingerprint density at radius 3 is 2.53 bits per heavy atom. The molecule has 1 amide bonds. The molecule has 0 aliphatic carbocycles. The number of aromatic nitrogens is 1. The second kappa shape index (κ2) is 10.3. The van der Waals surface area contributed by atoms with Crippen LogP contribution < -0.4 is 10.9 Å². The number of benzene rings is 1. The molecule has 9 heteroatoms. The monoisotopic (exact) mass is 438 g/mol. The minimum absolute atomic E-state index is 0.227. The number of halogens is 2. The van der Waals surface area contributed by atoms with Crippen molar-refractivity contribution in [2.45, 2.75) is 51.8 Å². The first-order valence-corrected chi connectivity index (χ1v) is 9.94. The maximum Gasteiger partial charge on any atom is 0.308 e. The lowest BCUT2D eigenvalue weighted by Crippen LogP contribution is -2.47. The molecule has 0 bridgehead atoms. The number of nitrogens with one attached hydrogen (secondary N) is 1. The first-order valence-electron chi connectivity index (χ1n) is 9.56. The van der Waals surface area contributed by atoms with E-state index in [9.17, 15) is 23.6 Å². The molecule has 0 radical (unpaired) electrons. The number of carbonyl (C=O) groups excluding carboxylic acids is 3. The molecule has 2 aromatic rings. The molecule has 0 aliphatic heterocycles. The highest BCUT2D eigenvalue weighted by Crippen LogP contribution is 2.18. The van der Waals surface area contributed by atoms with Crippen molar-refractivity contribution < 1.29 is 23.5 Å². The number of hydrogen-bond donors (Lipinski definition) is 1. The van der Waals surface area contributed by atoms with Crippen molar-refractivity contribution in [3.63, 3.8) is 0 Å². The largest absolute Gasteiger partial charge is 0.463 e. The number of ketones is 1. The standard InChI is InChI=1S/C21H24ClFN2O5/c1-4-17(25-8-7-13-5-6-14(22)9-15(13)21(25)29)20(28)24-16(18(26)11-23)10-19(27)30-12(2)3/h5-9,12,16-17H,4,10-11H2,1-3H3,(H,24,28)/t16-,17?/m0/s1. The summed E-state index contributed by atoms with van der Waals surface area (Å²) in [5.74, 6) is -2.36. The summed E-state index contributed by atoms with van der Waals surface area (Å²) in [5.41, 5.74) is -0.426. The van der Waals surface area contributed by atoms with E-state index in [0.29, 0.717) is 15.8 Å². The summed E-state index contributed by atoms with van der Waals surface area (Å²) in [6.07, 6.45) is 0.794. The molecule has 0 spiro atoms. The van der Waals surface area contributed by atoms with Crippen molar-refractivity contribution in [1.82, 2.24) is 9.88 Å². The summed E-state index contributed by atoms with van der Waals surface area (Å²) < 4.78 is 19.2. The average molecular weight is 439 g/mol. The van der Waals surface area contributed by atoms with E-state index in [1.807, 2.05) is 0 Å². The minimum Gasteiger partial charge on any atom is -0.463 e. The van der Waals surface area contributed by atoms with Gasteiger partial charge in [-0.15, -0.1) is 0 Å². The van der Waals surface area contributed by atoms with Gasteiger partial charge in [0, 0.05) is 16.6 Å². The topological polar surface area (TPSA) is 94.5 Å². The van der Waals surface area contributed by atoms with Crippen LogP contribution in [0.2, 0.25) is 5.02 Å². The molecule has 0 fully saturated rings. The fourth-order valence-corrected chi connectivity index (χ4v) is 3.24. The summed E-state index contributed by atoms with van der Waals surface area (Å²) in [7, 11) is 0. The number of amides is 1. The quantitative estimate of drug-likeness (QED) is 0.607. The van der Waals surface area contributed by atoms with Crippen LogP contribution in [-0.2, 0) is 19.1 Å². The highest BCUT2D eigenvalue weighted by atomic mass is 35.5. The summed E-state index contributed by atoms with van der Waals surface area (Å²) in [4.78, 5) is 49.5. The van der Waals surface area contributed by atoms with Gasteiger partial charge < -0.3 is 14.6 Å². The number of carbonyl (C=O) groups is 3. The SMILES string of the molecule is CCC(C(=O)N[C@@H](CC(=O)OC(C)C)C(=O)CF)n1ccc2ccc(Cl)cc2c1=O. The van der Waals surface area contributed by atoms with Crippen LogP contribution in [0, 0.1) is 0 Å². The van der Waals surface area contributed by atoms with E-state index in [0.717, 1.165) is 0 Å². The molecular weight excluding hydrogens is 415 g/mol. The van der Waals surface area contributed by atoms with Crippen LogP contribution in [0.3, 0.4) is 0 Å². The van der Waals surface area contributed by atoms with Crippen LogP contribution in [0.15, 0.2) is 35.3 Å². The summed E-state index contributed by atoms with van der Waals surface area (Å²) >= 11 is 5.98. The van der Waals surface area contributed by atoms with E-state index in [1.165, 1.54) is 16.8 Å². The van der Waals surface area contributed by atoms with Gasteiger partial charge in [0.05, 0.1) is 12.5 Å². The molecule has 1 heterocycles. The second-order valence-corrected chi connectivity index (χ2v) is 7.52. The number of hydrogen-bond acceptors (Lipinski definition) is 5. The Kier molecular flexibility index (Phi) is 8.11. The van der Waals surface area contributed by atoms with Gasteiger partial charge >= 0.3 is 5.97 Å². The Balaban J connectivity index is 2.30. The van der Waals surface area contributed by atoms with Crippen LogP contribution in [0.4, 0.5) is 4.39 Å². The predicted octanol–water partition coefficient (Wildman–Crippen LogP) is 2.97. The number of Topliss-reactive ketones (excluding diaryl/α,β-unsaturated/α-hetero) is 1. The zero-order valence-corrected chi connectivity index (χ0v) is 17.7. The highest BCUT2D eigenvalue weighted by Gasteiger charge is 2.29. The van der Waals surface area contributed by atoms with Crippen LogP contribution in [0.5, 0.6) is 0 Å². The van der Waals surface area contributed by atoms with E-state index in [1.54, 1.807) is 39.0 Å². The van der Waals surface area contributed by atoms with Crippen molar-refractivity contribution in [3.8, 4) is 0 Å². The molecule has 1 aromatic heterocycles. The smallest absolute Gasteiger partial charge is 0.308 e. The third-order valence-electron chi connectivity index (χ3n) is 4.49. The van der Waals surface area contributed by atoms with Gasteiger partial charge in [0.1, 0.15) is 18.8 Å². The van der Waals surface area contributed by atoms with E-state index >= 15 is 0 Å². The molecule has 2 atom stereocenters. The van der Waals surface area contributed by atoms with Gasteiger partial charge in [-0.25, -0.2) is 4.39 Å². The molecule has 1 unspecified atom stereocenters. The highest BCUT2D eigenvalue weighted by molar-refractivity contribution is 6.31. The Morgan fingerprint density at radius 1 is 1.23 bits per heavy atom. The number of esters is 1. The third-order valence-corrected chi connectivity index (χ3v) is 4.73. The summed E-state index contributed by atoms with van der Waals surface area (Å²) in [5, 5.41) is 3.78. The molecule has 0 saturated carbocycles. The van der Waals surface area contributed by atoms with Crippen LogP contribution in [0.1, 0.15) is 39.7 Å². The first-order chi connectivity index (χ1) is 14.2. The normalized spacial score (nSPS) is 13.1. The predicted molar refractivity (Wildman–Crippen MR) is 111 cm³/mol. The lowest BCUT2D eigenvalue weighted by molar-refractivity contribution is -0.149. The zero-order valence-electron chi connectivity index (χ0n) is 17.0. The van der Waals surface area contributed by atoms with Gasteiger partial charge in [0.25, 0.3) is 5.56 Å². The molecule has 2 rings (SSSR count). The zero-order chi connectivity index (χ0) is 22.4. The fourth-order valence-electron chi connectivity index (χ4n) is 3.06. The average Bonchev–Trinajstić information content (AvgIpc) is 2.68. The molecule has 1 N–H and O–H groups in total. The number of pyridine rings is 1. The van der Waals surface area contributed by atoms with E-state index in [-0.39, 0.29) is 6.42 Å². The Morgan fingerprint density at radius 2 is 1.93 bits per heavy atom. The Labute approximate surface area is 178 Å². The van der Waals surface area contributed by atoms with Crippen molar-refractivity contribution in [1.29, 1.82) is 0 Å². The van der Waals surface area contributed by atoms with Crippen molar-refractivity contribution in [2.75, 3.05) is 6.67 Å². The van der Waals surface area contributed by atoms with E-state index < -0.39 is 54.5 Å². The molecular formula is C21H24ClFN2O5. The maximum atomic E-state index is 13.0.